The molecule has 0 heterocycles. The minimum absolute atomic E-state index is 0.108. The maximum Gasteiger partial charge on any atom is 0.472 e. The molecule has 0 spiro atoms. The Bertz CT molecular complexity index is 1830. The summed E-state index contributed by atoms with van der Waals surface area (Å²) in [6, 6.07) is 0. The first-order valence-corrected chi connectivity index (χ1v) is 43.3. The molecule has 0 saturated carbocycles. The van der Waals surface area contributed by atoms with Gasteiger partial charge in [0.2, 0.25) is 0 Å². The summed E-state index contributed by atoms with van der Waals surface area (Å²) in [5.41, 5.74) is 0. The van der Waals surface area contributed by atoms with Crippen molar-refractivity contribution in [1.82, 2.24) is 0 Å². The maximum absolute atomic E-state index is 13.1. The smallest absolute Gasteiger partial charge is 0.462 e. The van der Waals surface area contributed by atoms with Gasteiger partial charge in [-0.15, -0.1) is 0 Å². The van der Waals surface area contributed by atoms with Gasteiger partial charge in [-0.1, -0.05) is 362 Å². The van der Waals surface area contributed by atoms with Crippen LogP contribution in [0.4, 0.5) is 0 Å². The van der Waals surface area contributed by atoms with Crippen molar-refractivity contribution in [1.29, 1.82) is 0 Å². The van der Waals surface area contributed by atoms with E-state index in [9.17, 15) is 43.2 Å². The molecule has 17 nitrogen and oxygen atoms in total. The second-order valence-electron chi connectivity index (χ2n) is 27.7. The quantitative estimate of drug-likeness (QED) is 0.0222. The van der Waals surface area contributed by atoms with Gasteiger partial charge in [0.05, 0.1) is 26.4 Å². The summed E-state index contributed by atoms with van der Waals surface area (Å²) in [5.74, 6) is -2.12. The van der Waals surface area contributed by atoms with Crippen LogP contribution in [-0.4, -0.2) is 96.7 Å². The molecule has 2 unspecified atom stereocenters. The van der Waals surface area contributed by atoms with Crippen molar-refractivity contribution in [2.75, 3.05) is 39.6 Å². The monoisotopic (exact) mass is 1410 g/mol. The van der Waals surface area contributed by atoms with Gasteiger partial charge in [0, 0.05) is 25.7 Å². The number of hydrogen-bond acceptors (Lipinski definition) is 15. The van der Waals surface area contributed by atoms with Gasteiger partial charge in [-0.25, -0.2) is 9.13 Å². The van der Waals surface area contributed by atoms with Crippen LogP contribution in [0.15, 0.2) is 0 Å². The average molecular weight is 1410 g/mol. The van der Waals surface area contributed by atoms with E-state index < -0.39 is 97.5 Å². The predicted octanol–water partition coefficient (Wildman–Crippen LogP) is 23.0. The fourth-order valence-electron chi connectivity index (χ4n) is 11.9. The molecule has 570 valence electrons. The summed E-state index contributed by atoms with van der Waals surface area (Å²) in [6.07, 6.45) is 62.9. The lowest BCUT2D eigenvalue weighted by Crippen LogP contribution is -2.30. The molecule has 0 aromatic heterocycles. The highest BCUT2D eigenvalue weighted by molar-refractivity contribution is 7.47. The van der Waals surface area contributed by atoms with Crippen LogP contribution in [0.1, 0.15) is 413 Å². The summed E-state index contributed by atoms with van der Waals surface area (Å²) >= 11 is 0. The summed E-state index contributed by atoms with van der Waals surface area (Å²) in [4.78, 5) is 72.6. The normalized spacial score (nSPS) is 13.9. The van der Waals surface area contributed by atoms with Crippen molar-refractivity contribution in [3.63, 3.8) is 0 Å². The van der Waals surface area contributed by atoms with E-state index in [4.69, 9.17) is 37.0 Å². The molecule has 0 rings (SSSR count). The molecule has 0 aliphatic heterocycles. The number of unbranched alkanes of at least 4 members (excludes halogenated alkanes) is 52. The molecule has 0 amide bonds. The number of carbonyl (C=O) groups is 4. The van der Waals surface area contributed by atoms with Gasteiger partial charge in [0.1, 0.15) is 19.3 Å². The van der Waals surface area contributed by atoms with Crippen LogP contribution < -0.4 is 0 Å². The summed E-state index contributed by atoms with van der Waals surface area (Å²) in [6.45, 7) is 4.91. The Morgan fingerprint density at radius 3 is 0.615 bits per heavy atom. The van der Waals surface area contributed by atoms with Crippen LogP contribution in [0.25, 0.3) is 0 Å². The highest BCUT2D eigenvalue weighted by Crippen LogP contribution is 2.45. The van der Waals surface area contributed by atoms with Crippen LogP contribution >= 0.6 is 15.6 Å². The zero-order valence-electron chi connectivity index (χ0n) is 62.4. The van der Waals surface area contributed by atoms with Crippen molar-refractivity contribution >= 4 is 39.5 Å². The van der Waals surface area contributed by atoms with E-state index in [0.29, 0.717) is 25.7 Å². The zero-order chi connectivity index (χ0) is 70.4. The lowest BCUT2D eigenvalue weighted by Gasteiger charge is -2.21. The average Bonchev–Trinajstić information content (AvgIpc) is 1.16. The number of hydrogen-bond donors (Lipinski definition) is 3. The van der Waals surface area contributed by atoms with Crippen molar-refractivity contribution in [2.24, 2.45) is 0 Å². The molecule has 0 aromatic rings. The first-order chi connectivity index (χ1) is 46.7. The highest BCUT2D eigenvalue weighted by atomic mass is 31.2. The second kappa shape index (κ2) is 71.5. The molecule has 0 aliphatic carbocycles. The molecule has 0 aromatic carbocycles. The maximum atomic E-state index is 13.1. The third-order valence-corrected chi connectivity index (χ3v) is 20.0. The van der Waals surface area contributed by atoms with Crippen LogP contribution in [0, 0.1) is 0 Å². The molecule has 19 heteroatoms. The fourth-order valence-corrected chi connectivity index (χ4v) is 13.5. The standard InChI is InChI=1S/C77H150O17P2/c1-5-9-13-17-20-23-26-29-32-34-36-38-40-43-46-49-52-56-60-64-77(82)94-73(68-88-75(80)62-58-54-50-47-44-42-39-37-35-33-30-27-24-21-18-14-10-6-2)70-92-96(85,86)90-66-71(78)65-89-95(83,84)91-69-72(67-87-74(79)61-57-53-16-12-8-4)93-76(81)63-59-55-51-48-45-41-31-28-25-22-19-15-11-7-3/h71-73,78H,5-70H2,1-4H3,(H,83,84)(H,85,86)/t71-,72+,73+/m0/s1. The van der Waals surface area contributed by atoms with E-state index in [1.165, 1.54) is 238 Å². The molecule has 5 atom stereocenters. The van der Waals surface area contributed by atoms with E-state index in [1.807, 2.05) is 0 Å². The first-order valence-electron chi connectivity index (χ1n) is 40.3. The molecule has 0 fully saturated rings. The van der Waals surface area contributed by atoms with Crippen molar-refractivity contribution < 1.29 is 80.2 Å². The molecular formula is C77H150O17P2. The van der Waals surface area contributed by atoms with Gasteiger partial charge in [-0.2, -0.15) is 0 Å². The third-order valence-electron chi connectivity index (χ3n) is 18.1. The molecule has 3 N–H and O–H groups in total. The number of aliphatic hydroxyl groups excluding tert-OH is 1. The molecule has 96 heavy (non-hydrogen) atoms. The zero-order valence-corrected chi connectivity index (χ0v) is 64.1. The number of carbonyl (C=O) groups excluding carboxylic acids is 4. The van der Waals surface area contributed by atoms with Crippen molar-refractivity contribution in [3.05, 3.63) is 0 Å². The Labute approximate surface area is 588 Å². The summed E-state index contributed by atoms with van der Waals surface area (Å²) in [7, 11) is -9.90. The number of aliphatic hydroxyl groups is 1. The van der Waals surface area contributed by atoms with E-state index >= 15 is 0 Å². The summed E-state index contributed by atoms with van der Waals surface area (Å²) < 4.78 is 68.3. The number of phosphoric ester groups is 2. The lowest BCUT2D eigenvalue weighted by atomic mass is 10.0. The van der Waals surface area contributed by atoms with Crippen LogP contribution in [0.2, 0.25) is 0 Å². The minimum Gasteiger partial charge on any atom is -0.462 e. The Kier molecular flexibility index (Phi) is 70.0. The van der Waals surface area contributed by atoms with Crippen molar-refractivity contribution in [3.8, 4) is 0 Å². The SMILES string of the molecule is CCCCCCCCCCCCCCCCCCCCCC(=O)O[C@H](COC(=O)CCCCCCCCCCCCCCCCCCCC)COP(=O)(O)OC[C@@H](O)COP(=O)(O)OC[C@@H](COC(=O)CCCCCCC)OC(=O)CCCCCCCCCCCCCCCC. The van der Waals surface area contributed by atoms with Crippen LogP contribution in [0.3, 0.4) is 0 Å². The largest absolute Gasteiger partial charge is 0.472 e. The Morgan fingerprint density at radius 1 is 0.250 bits per heavy atom. The van der Waals surface area contributed by atoms with Gasteiger partial charge in [-0.05, 0) is 25.7 Å². The Balaban J connectivity index is 5.13. The number of rotatable bonds is 78. The number of ether oxygens (including phenoxy) is 4. The Morgan fingerprint density at radius 2 is 0.417 bits per heavy atom. The van der Waals surface area contributed by atoms with E-state index in [1.54, 1.807) is 0 Å². The van der Waals surface area contributed by atoms with Gasteiger partial charge in [-0.3, -0.25) is 37.3 Å². The van der Waals surface area contributed by atoms with Gasteiger partial charge < -0.3 is 33.8 Å². The van der Waals surface area contributed by atoms with Gasteiger partial charge >= 0.3 is 39.5 Å². The predicted molar refractivity (Wildman–Crippen MR) is 391 cm³/mol. The van der Waals surface area contributed by atoms with Crippen LogP contribution in [-0.2, 0) is 65.4 Å². The van der Waals surface area contributed by atoms with Crippen molar-refractivity contribution in [2.45, 2.75) is 431 Å². The lowest BCUT2D eigenvalue weighted by molar-refractivity contribution is -0.161. The van der Waals surface area contributed by atoms with E-state index in [-0.39, 0.29) is 25.7 Å². The van der Waals surface area contributed by atoms with Gasteiger partial charge in [0.25, 0.3) is 0 Å². The summed E-state index contributed by atoms with van der Waals surface area (Å²) in [5, 5.41) is 10.6. The minimum atomic E-state index is -4.96. The first kappa shape index (κ1) is 94.1. The molecule has 0 bridgehead atoms. The molecular weight excluding hydrogens is 1260 g/mol. The molecule has 0 saturated heterocycles. The molecule has 0 aliphatic rings. The number of esters is 4. The van der Waals surface area contributed by atoms with E-state index in [2.05, 4.69) is 27.7 Å². The van der Waals surface area contributed by atoms with Crippen LogP contribution in [0.5, 0.6) is 0 Å². The highest BCUT2D eigenvalue weighted by Gasteiger charge is 2.30. The van der Waals surface area contributed by atoms with Gasteiger partial charge in [0.15, 0.2) is 12.2 Å². The second-order valence-corrected chi connectivity index (χ2v) is 30.7. The van der Waals surface area contributed by atoms with E-state index in [0.717, 1.165) is 96.3 Å². The Hall–Kier alpha value is -1.94. The fraction of sp³-hybridized carbons (Fsp3) is 0.948. The molecule has 0 radical (unpaired) electrons. The topological polar surface area (TPSA) is 237 Å². The number of phosphoric acid groups is 2. The third kappa shape index (κ3) is 70.5.